The Bertz CT molecular complexity index is 456. The highest BCUT2D eigenvalue weighted by Crippen LogP contribution is 2.16. The fraction of sp³-hybridized carbons (Fsp3) is 0.588. The summed E-state index contributed by atoms with van der Waals surface area (Å²) in [6.45, 7) is 4.53. The van der Waals surface area contributed by atoms with Crippen molar-refractivity contribution in [2.75, 3.05) is 25.0 Å². The number of carbonyl (C=O) groups excluding carboxylic acids is 1. The molecule has 0 bridgehead atoms. The Kier molecular flexibility index (Phi) is 6.71. The average Bonchev–Trinajstić information content (AvgIpc) is 2.52. The van der Waals surface area contributed by atoms with Crippen LogP contribution in [0.15, 0.2) is 24.3 Å². The van der Waals surface area contributed by atoms with Gasteiger partial charge in [-0.3, -0.25) is 4.79 Å². The molecule has 1 heterocycles. The number of halogens is 1. The smallest absolute Gasteiger partial charge is 0.222 e. The molecule has 2 rings (SSSR count). The molecule has 4 heteroatoms. The monoisotopic (exact) mass is 353 g/mol. The molecule has 0 radical (unpaired) electrons. The highest BCUT2D eigenvalue weighted by atomic mass is 79.9. The number of nitrogens with zero attached hydrogens (tertiary/aromatic N) is 1. The number of likely N-dealkylation sites (tertiary alicyclic amines) is 1. The van der Waals surface area contributed by atoms with E-state index in [0.29, 0.717) is 12.5 Å². The predicted molar refractivity (Wildman–Crippen MR) is 88.8 cm³/mol. The summed E-state index contributed by atoms with van der Waals surface area (Å²) in [6, 6.07) is 8.30. The van der Waals surface area contributed by atoms with Crippen LogP contribution in [0.2, 0.25) is 0 Å². The van der Waals surface area contributed by atoms with Gasteiger partial charge in [0.2, 0.25) is 5.91 Å². The maximum Gasteiger partial charge on any atom is 0.222 e. The molecule has 1 aromatic carbocycles. The molecule has 116 valence electrons. The zero-order valence-corrected chi connectivity index (χ0v) is 14.3. The molecule has 1 aromatic rings. The minimum Gasteiger partial charge on any atom is -0.377 e. The molecular weight excluding hydrogens is 330 g/mol. The molecule has 1 aliphatic heterocycles. The van der Waals surface area contributed by atoms with Crippen molar-refractivity contribution in [2.24, 2.45) is 0 Å². The lowest BCUT2D eigenvalue weighted by Crippen LogP contribution is -2.41. The Morgan fingerprint density at radius 3 is 2.71 bits per heavy atom. The Morgan fingerprint density at radius 1 is 1.33 bits per heavy atom. The summed E-state index contributed by atoms with van der Waals surface area (Å²) in [4.78, 5) is 14.3. The van der Waals surface area contributed by atoms with Gasteiger partial charge in [0.25, 0.3) is 0 Å². The number of ether oxygens (including phenoxy) is 1. The molecular formula is C17H24BrNO2. The number of carbonyl (C=O) groups is 1. The molecule has 21 heavy (non-hydrogen) atoms. The minimum atomic E-state index is 0.275. The maximum absolute atomic E-state index is 12.3. The van der Waals surface area contributed by atoms with Crippen LogP contribution < -0.4 is 0 Å². The molecule has 0 unspecified atom stereocenters. The standard InChI is InChI=1S/C17H24BrNO2/c1-14-4-2-3-5-15(14)6-7-17(20)19-11-8-16(9-12-19)21-13-10-18/h2-5,16H,6-13H2,1H3. The van der Waals surface area contributed by atoms with Crippen LogP contribution in [0.3, 0.4) is 0 Å². The Morgan fingerprint density at radius 2 is 2.05 bits per heavy atom. The molecule has 1 fully saturated rings. The van der Waals surface area contributed by atoms with E-state index in [4.69, 9.17) is 4.74 Å². The average molecular weight is 354 g/mol. The number of benzene rings is 1. The van der Waals surface area contributed by atoms with Gasteiger partial charge < -0.3 is 9.64 Å². The van der Waals surface area contributed by atoms with Gasteiger partial charge in [0.15, 0.2) is 0 Å². The first-order valence-corrected chi connectivity index (χ1v) is 8.82. The van der Waals surface area contributed by atoms with E-state index in [1.54, 1.807) is 0 Å². The lowest BCUT2D eigenvalue weighted by atomic mass is 10.0. The third kappa shape index (κ3) is 5.11. The van der Waals surface area contributed by atoms with E-state index < -0.39 is 0 Å². The van der Waals surface area contributed by atoms with Crippen molar-refractivity contribution < 1.29 is 9.53 Å². The Hall–Kier alpha value is -0.870. The van der Waals surface area contributed by atoms with Crippen LogP contribution in [-0.4, -0.2) is 41.9 Å². The van der Waals surface area contributed by atoms with Crippen molar-refractivity contribution >= 4 is 21.8 Å². The van der Waals surface area contributed by atoms with E-state index in [2.05, 4.69) is 35.0 Å². The van der Waals surface area contributed by atoms with E-state index in [1.807, 2.05) is 17.0 Å². The van der Waals surface area contributed by atoms with Crippen LogP contribution >= 0.6 is 15.9 Å². The summed E-state index contributed by atoms with van der Waals surface area (Å²) in [6.07, 6.45) is 3.69. The molecule has 0 aliphatic carbocycles. The van der Waals surface area contributed by atoms with Crippen molar-refractivity contribution in [3.05, 3.63) is 35.4 Å². The fourth-order valence-electron chi connectivity index (χ4n) is 2.77. The first kappa shape index (κ1) is 16.5. The summed E-state index contributed by atoms with van der Waals surface area (Å²) in [5, 5.41) is 0.878. The largest absolute Gasteiger partial charge is 0.377 e. The maximum atomic E-state index is 12.3. The molecule has 0 atom stereocenters. The number of rotatable bonds is 6. The van der Waals surface area contributed by atoms with Gasteiger partial charge in [-0.1, -0.05) is 40.2 Å². The second-order valence-electron chi connectivity index (χ2n) is 5.57. The number of hydrogen-bond donors (Lipinski definition) is 0. The molecule has 1 saturated heterocycles. The quantitative estimate of drug-likeness (QED) is 0.734. The van der Waals surface area contributed by atoms with E-state index in [0.717, 1.165) is 44.3 Å². The van der Waals surface area contributed by atoms with E-state index >= 15 is 0 Å². The topological polar surface area (TPSA) is 29.5 Å². The SMILES string of the molecule is Cc1ccccc1CCC(=O)N1CCC(OCCBr)CC1. The molecule has 0 saturated carbocycles. The molecule has 0 aromatic heterocycles. The highest BCUT2D eigenvalue weighted by Gasteiger charge is 2.22. The van der Waals surface area contributed by atoms with Crippen LogP contribution in [0, 0.1) is 6.92 Å². The summed E-state index contributed by atoms with van der Waals surface area (Å²) in [7, 11) is 0. The molecule has 3 nitrogen and oxygen atoms in total. The van der Waals surface area contributed by atoms with Crippen LogP contribution in [0.4, 0.5) is 0 Å². The summed E-state index contributed by atoms with van der Waals surface area (Å²) >= 11 is 3.37. The molecule has 0 N–H and O–H groups in total. The van der Waals surface area contributed by atoms with Crippen molar-refractivity contribution in [1.82, 2.24) is 4.90 Å². The molecule has 0 spiro atoms. The van der Waals surface area contributed by atoms with Crippen molar-refractivity contribution in [2.45, 2.75) is 38.7 Å². The molecule has 1 aliphatic rings. The summed E-state index contributed by atoms with van der Waals surface area (Å²) in [5.41, 5.74) is 2.55. The fourth-order valence-corrected chi connectivity index (χ4v) is 2.96. The third-order valence-corrected chi connectivity index (χ3v) is 4.42. The number of hydrogen-bond acceptors (Lipinski definition) is 2. The van der Waals surface area contributed by atoms with Crippen LogP contribution in [0.25, 0.3) is 0 Å². The Labute approximate surface area is 135 Å². The lowest BCUT2D eigenvalue weighted by Gasteiger charge is -2.32. The minimum absolute atomic E-state index is 0.275. The van der Waals surface area contributed by atoms with Crippen molar-refractivity contribution in [1.29, 1.82) is 0 Å². The van der Waals surface area contributed by atoms with Crippen LogP contribution in [0.5, 0.6) is 0 Å². The first-order chi connectivity index (χ1) is 10.2. The van der Waals surface area contributed by atoms with Crippen molar-refractivity contribution in [3.8, 4) is 0 Å². The van der Waals surface area contributed by atoms with Crippen LogP contribution in [-0.2, 0) is 16.0 Å². The van der Waals surface area contributed by atoms with Gasteiger partial charge in [0.1, 0.15) is 0 Å². The van der Waals surface area contributed by atoms with E-state index in [9.17, 15) is 4.79 Å². The Balaban J connectivity index is 1.74. The summed E-state index contributed by atoms with van der Waals surface area (Å²) in [5.74, 6) is 0.275. The highest BCUT2D eigenvalue weighted by molar-refractivity contribution is 9.09. The van der Waals surface area contributed by atoms with E-state index in [-0.39, 0.29) is 5.91 Å². The van der Waals surface area contributed by atoms with Crippen LogP contribution in [0.1, 0.15) is 30.4 Å². The second-order valence-corrected chi connectivity index (χ2v) is 6.36. The zero-order chi connectivity index (χ0) is 15.1. The normalized spacial score (nSPS) is 16.2. The van der Waals surface area contributed by atoms with Gasteiger partial charge in [0, 0.05) is 24.8 Å². The third-order valence-electron chi connectivity index (χ3n) is 4.09. The van der Waals surface area contributed by atoms with Gasteiger partial charge in [-0.25, -0.2) is 0 Å². The first-order valence-electron chi connectivity index (χ1n) is 7.70. The second kappa shape index (κ2) is 8.54. The molecule has 1 amide bonds. The van der Waals surface area contributed by atoms with Gasteiger partial charge in [-0.2, -0.15) is 0 Å². The number of piperidine rings is 1. The summed E-state index contributed by atoms with van der Waals surface area (Å²) < 4.78 is 5.72. The van der Waals surface area contributed by atoms with Gasteiger partial charge in [-0.05, 0) is 37.3 Å². The van der Waals surface area contributed by atoms with E-state index in [1.165, 1.54) is 11.1 Å². The number of amides is 1. The van der Waals surface area contributed by atoms with Gasteiger partial charge in [-0.15, -0.1) is 0 Å². The zero-order valence-electron chi connectivity index (χ0n) is 12.7. The van der Waals surface area contributed by atoms with Gasteiger partial charge >= 0.3 is 0 Å². The van der Waals surface area contributed by atoms with Gasteiger partial charge in [0.05, 0.1) is 12.7 Å². The predicted octanol–water partition coefficient (Wildman–Crippen LogP) is 3.33. The van der Waals surface area contributed by atoms with Crippen molar-refractivity contribution in [3.63, 3.8) is 0 Å². The number of alkyl halides is 1. The number of aryl methyl sites for hydroxylation is 2. The lowest BCUT2D eigenvalue weighted by molar-refractivity contribution is -0.133.